The zero-order valence-electron chi connectivity index (χ0n) is 15.0. The summed E-state index contributed by atoms with van der Waals surface area (Å²) < 4.78 is 5.67. The van der Waals surface area contributed by atoms with Crippen LogP contribution >= 0.6 is 11.3 Å². The van der Waals surface area contributed by atoms with Gasteiger partial charge in [0.05, 0.1) is 12.6 Å². The Morgan fingerprint density at radius 3 is 2.85 bits per heavy atom. The molecular weight excluding hydrogens is 346 g/mol. The van der Waals surface area contributed by atoms with E-state index in [0.29, 0.717) is 18.7 Å². The molecule has 136 valence electrons. The minimum atomic E-state index is -0.0580. The van der Waals surface area contributed by atoms with Crippen molar-refractivity contribution in [3.05, 3.63) is 46.3 Å². The molecule has 3 rings (SSSR count). The number of para-hydroxylation sites is 1. The molecule has 1 aliphatic rings. The molecule has 0 fully saturated rings. The van der Waals surface area contributed by atoms with Crippen LogP contribution in [0.1, 0.15) is 28.8 Å². The van der Waals surface area contributed by atoms with Crippen molar-refractivity contribution in [3.8, 4) is 11.8 Å². The van der Waals surface area contributed by atoms with Crippen molar-refractivity contribution in [1.82, 2.24) is 0 Å². The molecule has 6 heteroatoms. The number of carbonyl (C=O) groups excluding carboxylic acids is 1. The van der Waals surface area contributed by atoms with Gasteiger partial charge in [0.15, 0.2) is 6.54 Å². The number of quaternary nitrogens is 1. The van der Waals surface area contributed by atoms with Gasteiger partial charge in [-0.25, -0.2) is 0 Å². The van der Waals surface area contributed by atoms with Crippen LogP contribution in [0.2, 0.25) is 0 Å². The molecule has 0 saturated heterocycles. The Kier molecular flexibility index (Phi) is 6.26. The second-order valence-electron chi connectivity index (χ2n) is 6.62. The van der Waals surface area contributed by atoms with Crippen LogP contribution in [0.3, 0.4) is 0 Å². The van der Waals surface area contributed by atoms with Gasteiger partial charge in [-0.2, -0.15) is 5.26 Å². The van der Waals surface area contributed by atoms with Gasteiger partial charge in [-0.3, -0.25) is 4.79 Å². The third-order valence-corrected chi connectivity index (χ3v) is 5.75. The molecule has 0 spiro atoms. The highest BCUT2D eigenvalue weighted by atomic mass is 32.1. The number of thiophene rings is 1. The maximum atomic E-state index is 12.4. The summed E-state index contributed by atoms with van der Waals surface area (Å²) in [6.07, 6.45) is 4.26. The molecule has 0 radical (unpaired) electrons. The molecule has 1 heterocycles. The highest BCUT2D eigenvalue weighted by Crippen LogP contribution is 2.37. The highest BCUT2D eigenvalue weighted by Gasteiger charge is 2.22. The minimum absolute atomic E-state index is 0.0580. The summed E-state index contributed by atoms with van der Waals surface area (Å²) >= 11 is 1.57. The van der Waals surface area contributed by atoms with Crippen molar-refractivity contribution >= 4 is 22.2 Å². The van der Waals surface area contributed by atoms with Crippen LogP contribution in [-0.2, 0) is 17.6 Å². The van der Waals surface area contributed by atoms with Gasteiger partial charge in [0.25, 0.3) is 5.91 Å². The lowest BCUT2D eigenvalue weighted by molar-refractivity contribution is -0.871. The standard InChI is InChI=1S/C20H23N3O2S/c1-23(11-12-25-15-7-3-2-4-8-15)14-19(24)22-20-17(13-21)16-9-5-6-10-18(16)26-20/h2-4,7-8H,5-6,9-12,14H2,1H3,(H,22,24)/p+1. The summed E-state index contributed by atoms with van der Waals surface area (Å²) in [7, 11) is 1.97. The van der Waals surface area contributed by atoms with Gasteiger partial charge >= 0.3 is 0 Å². The number of hydrogen-bond acceptors (Lipinski definition) is 4. The SMILES string of the molecule is C[NH+](CCOc1ccccc1)CC(=O)Nc1sc2c(c1C#N)CCCC2. The first-order valence-electron chi connectivity index (χ1n) is 9.01. The van der Waals surface area contributed by atoms with Crippen LogP contribution in [-0.4, -0.2) is 32.7 Å². The first kappa shape index (κ1) is 18.4. The summed E-state index contributed by atoms with van der Waals surface area (Å²) in [4.78, 5) is 14.7. The number of carbonyl (C=O) groups is 1. The van der Waals surface area contributed by atoms with Gasteiger partial charge in [0, 0.05) is 4.88 Å². The molecule has 5 nitrogen and oxygen atoms in total. The third kappa shape index (κ3) is 4.63. The topological polar surface area (TPSA) is 66.6 Å². The number of amides is 1. The lowest BCUT2D eigenvalue weighted by Crippen LogP contribution is -3.10. The summed E-state index contributed by atoms with van der Waals surface area (Å²) in [5, 5.41) is 13.1. The molecule has 26 heavy (non-hydrogen) atoms. The van der Waals surface area contributed by atoms with Crippen molar-refractivity contribution in [2.45, 2.75) is 25.7 Å². The Labute approximate surface area is 158 Å². The number of anilines is 1. The van der Waals surface area contributed by atoms with Gasteiger partial charge in [0.2, 0.25) is 0 Å². The molecule has 1 atom stereocenters. The Balaban J connectivity index is 1.49. The fraction of sp³-hybridized carbons (Fsp3) is 0.400. The summed E-state index contributed by atoms with van der Waals surface area (Å²) in [6, 6.07) is 12.0. The summed E-state index contributed by atoms with van der Waals surface area (Å²) in [5.74, 6) is 0.782. The molecular formula is C20H24N3O2S+. The first-order valence-corrected chi connectivity index (χ1v) is 9.82. The monoisotopic (exact) mass is 370 g/mol. The van der Waals surface area contributed by atoms with E-state index < -0.39 is 0 Å². The molecule has 1 unspecified atom stereocenters. The van der Waals surface area contributed by atoms with Gasteiger partial charge in [0.1, 0.15) is 30.0 Å². The van der Waals surface area contributed by atoms with E-state index in [9.17, 15) is 10.1 Å². The first-order chi connectivity index (χ1) is 12.7. The van der Waals surface area contributed by atoms with Crippen molar-refractivity contribution in [3.63, 3.8) is 0 Å². The molecule has 2 aromatic rings. The van der Waals surface area contributed by atoms with Crippen molar-refractivity contribution in [2.24, 2.45) is 0 Å². The zero-order chi connectivity index (χ0) is 18.4. The summed E-state index contributed by atoms with van der Waals surface area (Å²) in [5.41, 5.74) is 1.82. The van der Waals surface area contributed by atoms with Gasteiger partial charge in [-0.05, 0) is 43.4 Å². The Bertz CT molecular complexity index is 795. The van der Waals surface area contributed by atoms with E-state index in [1.54, 1.807) is 11.3 Å². The van der Waals surface area contributed by atoms with Crippen molar-refractivity contribution in [1.29, 1.82) is 5.26 Å². The number of fused-ring (bicyclic) bond motifs is 1. The second-order valence-corrected chi connectivity index (χ2v) is 7.73. The van der Waals surface area contributed by atoms with Crippen LogP contribution in [0, 0.1) is 11.3 Å². The Morgan fingerprint density at radius 1 is 1.31 bits per heavy atom. The van der Waals surface area contributed by atoms with Crippen LogP contribution in [0.15, 0.2) is 30.3 Å². The fourth-order valence-corrected chi connectivity index (χ4v) is 4.42. The van der Waals surface area contributed by atoms with E-state index in [1.807, 2.05) is 37.4 Å². The number of nitrogens with zero attached hydrogens (tertiary/aromatic N) is 1. The van der Waals surface area contributed by atoms with Crippen LogP contribution < -0.4 is 15.0 Å². The number of rotatable bonds is 7. The van der Waals surface area contributed by atoms with Gasteiger partial charge in [-0.1, -0.05) is 18.2 Å². The average Bonchev–Trinajstić information content (AvgIpc) is 2.99. The molecule has 2 N–H and O–H groups in total. The molecule has 1 aromatic heterocycles. The van der Waals surface area contributed by atoms with Gasteiger partial charge < -0.3 is 15.0 Å². The normalized spacial score (nSPS) is 14.2. The molecule has 0 bridgehead atoms. The maximum absolute atomic E-state index is 12.4. The lowest BCUT2D eigenvalue weighted by atomic mass is 9.96. The third-order valence-electron chi connectivity index (χ3n) is 4.54. The van der Waals surface area contributed by atoms with E-state index in [-0.39, 0.29) is 5.91 Å². The number of ether oxygens (including phenoxy) is 1. The van der Waals surface area contributed by atoms with Gasteiger partial charge in [-0.15, -0.1) is 11.3 Å². The number of aryl methyl sites for hydroxylation is 1. The number of likely N-dealkylation sites (N-methyl/N-ethyl adjacent to an activating group) is 1. The van der Waals surface area contributed by atoms with E-state index in [4.69, 9.17) is 4.74 Å². The van der Waals surface area contributed by atoms with E-state index >= 15 is 0 Å². The number of benzene rings is 1. The van der Waals surface area contributed by atoms with E-state index in [0.717, 1.165) is 47.0 Å². The predicted octanol–water partition coefficient (Wildman–Crippen LogP) is 2.03. The van der Waals surface area contributed by atoms with E-state index in [1.165, 1.54) is 11.3 Å². The molecule has 0 saturated carbocycles. The minimum Gasteiger partial charge on any atom is -0.488 e. The average molecular weight is 370 g/mol. The molecule has 1 aliphatic carbocycles. The van der Waals surface area contributed by atoms with Crippen molar-refractivity contribution in [2.75, 3.05) is 32.1 Å². The molecule has 0 aliphatic heterocycles. The van der Waals surface area contributed by atoms with Crippen LogP contribution in [0.25, 0.3) is 0 Å². The fourth-order valence-electron chi connectivity index (χ4n) is 3.17. The molecule has 1 amide bonds. The number of nitrogens with one attached hydrogen (secondary N) is 2. The maximum Gasteiger partial charge on any atom is 0.280 e. The predicted molar refractivity (Wildman–Crippen MR) is 103 cm³/mol. The molecule has 1 aromatic carbocycles. The van der Waals surface area contributed by atoms with Crippen molar-refractivity contribution < 1.29 is 14.4 Å². The largest absolute Gasteiger partial charge is 0.488 e. The smallest absolute Gasteiger partial charge is 0.280 e. The summed E-state index contributed by atoms with van der Waals surface area (Å²) in [6.45, 7) is 1.64. The highest BCUT2D eigenvalue weighted by molar-refractivity contribution is 7.16. The van der Waals surface area contributed by atoms with Crippen LogP contribution in [0.5, 0.6) is 5.75 Å². The number of nitriles is 1. The van der Waals surface area contributed by atoms with E-state index in [2.05, 4.69) is 11.4 Å². The second kappa shape index (κ2) is 8.84. The Morgan fingerprint density at radius 2 is 2.08 bits per heavy atom. The quantitative estimate of drug-likeness (QED) is 0.784. The lowest BCUT2D eigenvalue weighted by Gasteiger charge is -2.14. The van der Waals surface area contributed by atoms with Crippen LogP contribution in [0.4, 0.5) is 5.00 Å². The zero-order valence-corrected chi connectivity index (χ0v) is 15.8. The Hall–Kier alpha value is -2.36. The number of hydrogen-bond donors (Lipinski definition) is 2.